The smallest absolute Gasteiger partial charge is 0.356 e. The molecule has 3 rings (SSSR count). The first-order valence-corrected chi connectivity index (χ1v) is 11.4. The highest BCUT2D eigenvalue weighted by atomic mass is 32.2. The molecule has 0 aromatic rings. The van der Waals surface area contributed by atoms with Gasteiger partial charge in [-0.15, -0.1) is 0 Å². The van der Waals surface area contributed by atoms with Gasteiger partial charge >= 0.3 is 15.5 Å². The fraction of sp³-hybridized carbons (Fsp3) is 0.941. The Balaban J connectivity index is 1.36. The number of rotatable bonds is 6. The van der Waals surface area contributed by atoms with Crippen LogP contribution in [0.3, 0.4) is 0 Å². The predicted octanol–water partition coefficient (Wildman–Crippen LogP) is 1.20. The first kappa shape index (κ1) is 21.6. The molecule has 1 aliphatic carbocycles. The van der Waals surface area contributed by atoms with Gasteiger partial charge < -0.3 is 15.5 Å². The maximum Gasteiger partial charge on any atom is 0.511 e. The third-order valence-electron chi connectivity index (χ3n) is 5.93. The molecule has 0 aromatic carbocycles. The minimum absolute atomic E-state index is 0.0979. The minimum Gasteiger partial charge on any atom is -0.356 e. The van der Waals surface area contributed by atoms with E-state index in [1.54, 1.807) is 7.05 Å². The number of sulfonamides is 1. The van der Waals surface area contributed by atoms with E-state index in [0.29, 0.717) is 35.6 Å². The van der Waals surface area contributed by atoms with E-state index in [9.17, 15) is 21.6 Å². The molecule has 2 saturated heterocycles. The molecule has 1 atom stereocenters. The van der Waals surface area contributed by atoms with Crippen LogP contribution in [0.25, 0.3) is 0 Å². The van der Waals surface area contributed by atoms with Crippen LogP contribution in [-0.4, -0.2) is 81.4 Å². The highest BCUT2D eigenvalue weighted by Crippen LogP contribution is 2.32. The summed E-state index contributed by atoms with van der Waals surface area (Å²) in [5.74, 6) is 1.42. The summed E-state index contributed by atoms with van der Waals surface area (Å²) in [5.41, 5.74) is -5.22. The van der Waals surface area contributed by atoms with Crippen LogP contribution < -0.4 is 10.6 Å². The highest BCUT2D eigenvalue weighted by Gasteiger charge is 2.50. The maximum absolute atomic E-state index is 12.6. The standard InChI is InChI=1S/C17H30F3N5O2S/c1-21-16(23-11-14-4-7-24(12-14)15-2-3-15)22-10-13-5-8-25(9-6-13)28(26,27)17(18,19)20/h13-15H,2-12H2,1H3,(H2,21,22,23). The molecule has 0 spiro atoms. The van der Waals surface area contributed by atoms with Gasteiger partial charge in [0.05, 0.1) is 0 Å². The van der Waals surface area contributed by atoms with E-state index >= 15 is 0 Å². The second-order valence-corrected chi connectivity index (χ2v) is 9.94. The number of halogens is 3. The van der Waals surface area contributed by atoms with Crippen LogP contribution in [0.5, 0.6) is 0 Å². The second-order valence-electron chi connectivity index (χ2n) is 8.01. The molecule has 0 radical (unpaired) electrons. The topological polar surface area (TPSA) is 77.0 Å². The van der Waals surface area contributed by atoms with Crippen LogP contribution in [0, 0.1) is 11.8 Å². The highest BCUT2D eigenvalue weighted by molar-refractivity contribution is 7.90. The Morgan fingerprint density at radius 3 is 2.11 bits per heavy atom. The molecule has 7 nitrogen and oxygen atoms in total. The molecule has 11 heteroatoms. The summed E-state index contributed by atoms with van der Waals surface area (Å²) in [4.78, 5) is 6.77. The first-order chi connectivity index (χ1) is 13.2. The maximum atomic E-state index is 12.6. The summed E-state index contributed by atoms with van der Waals surface area (Å²) in [6.45, 7) is 3.52. The van der Waals surface area contributed by atoms with Crippen LogP contribution in [0.2, 0.25) is 0 Å². The van der Waals surface area contributed by atoms with Crippen molar-refractivity contribution in [1.82, 2.24) is 19.8 Å². The zero-order valence-electron chi connectivity index (χ0n) is 16.2. The van der Waals surface area contributed by atoms with Gasteiger partial charge in [0.15, 0.2) is 5.96 Å². The van der Waals surface area contributed by atoms with Crippen LogP contribution in [0.15, 0.2) is 4.99 Å². The van der Waals surface area contributed by atoms with Crippen molar-refractivity contribution in [2.45, 2.75) is 43.7 Å². The van der Waals surface area contributed by atoms with E-state index in [0.717, 1.165) is 19.1 Å². The van der Waals surface area contributed by atoms with Gasteiger partial charge in [0, 0.05) is 45.8 Å². The van der Waals surface area contributed by atoms with Crippen molar-refractivity contribution in [2.24, 2.45) is 16.8 Å². The lowest BCUT2D eigenvalue weighted by atomic mass is 9.98. The number of hydrogen-bond acceptors (Lipinski definition) is 4. The van der Waals surface area contributed by atoms with Gasteiger partial charge in [-0.1, -0.05) is 0 Å². The fourth-order valence-electron chi connectivity index (χ4n) is 4.00. The van der Waals surface area contributed by atoms with Crippen molar-refractivity contribution in [3.63, 3.8) is 0 Å². The molecular weight excluding hydrogens is 395 g/mol. The average Bonchev–Trinajstić information content (AvgIpc) is 3.40. The zero-order valence-corrected chi connectivity index (χ0v) is 17.0. The van der Waals surface area contributed by atoms with Gasteiger partial charge in [0.2, 0.25) is 0 Å². The lowest BCUT2D eigenvalue weighted by Crippen LogP contribution is -2.47. The average molecular weight is 426 g/mol. The molecule has 0 bridgehead atoms. The monoisotopic (exact) mass is 425 g/mol. The molecule has 28 heavy (non-hydrogen) atoms. The second kappa shape index (κ2) is 8.74. The van der Waals surface area contributed by atoms with Gasteiger partial charge in [-0.3, -0.25) is 4.99 Å². The van der Waals surface area contributed by atoms with E-state index in [2.05, 4.69) is 20.5 Å². The number of hydrogen-bond donors (Lipinski definition) is 2. The van der Waals surface area contributed by atoms with Gasteiger partial charge in [0.1, 0.15) is 0 Å². The molecule has 3 aliphatic rings. The lowest BCUT2D eigenvalue weighted by Gasteiger charge is -2.31. The zero-order chi connectivity index (χ0) is 20.4. The third-order valence-corrected chi connectivity index (χ3v) is 7.56. The summed E-state index contributed by atoms with van der Waals surface area (Å²) in [5, 5.41) is 6.57. The largest absolute Gasteiger partial charge is 0.511 e. The van der Waals surface area contributed by atoms with Crippen LogP contribution >= 0.6 is 0 Å². The summed E-state index contributed by atoms with van der Waals surface area (Å²) < 4.78 is 61.4. The summed E-state index contributed by atoms with van der Waals surface area (Å²) in [7, 11) is -3.52. The number of nitrogens with one attached hydrogen (secondary N) is 2. The SMILES string of the molecule is CN=C(NCC1CCN(S(=O)(=O)C(F)(F)F)CC1)NCC1CCN(C2CC2)C1. The van der Waals surface area contributed by atoms with Crippen molar-refractivity contribution >= 4 is 16.0 Å². The molecule has 2 aliphatic heterocycles. The van der Waals surface area contributed by atoms with E-state index < -0.39 is 15.5 Å². The Hall–Kier alpha value is -1.07. The van der Waals surface area contributed by atoms with E-state index in [4.69, 9.17) is 0 Å². The van der Waals surface area contributed by atoms with Gasteiger partial charge in [-0.2, -0.15) is 17.5 Å². The number of alkyl halides is 3. The summed E-state index contributed by atoms with van der Waals surface area (Å²) >= 11 is 0. The molecule has 162 valence electrons. The van der Waals surface area contributed by atoms with Crippen molar-refractivity contribution in [3.05, 3.63) is 0 Å². The van der Waals surface area contributed by atoms with Crippen LogP contribution in [0.4, 0.5) is 13.2 Å². The molecule has 2 heterocycles. The molecule has 0 aromatic heterocycles. The van der Waals surface area contributed by atoms with E-state index in [1.165, 1.54) is 25.8 Å². The minimum atomic E-state index is -5.22. The number of likely N-dealkylation sites (tertiary alicyclic amines) is 1. The molecule has 1 unspecified atom stereocenters. The number of nitrogens with zero attached hydrogens (tertiary/aromatic N) is 3. The Bertz CT molecular complexity index is 658. The predicted molar refractivity (Wildman–Crippen MR) is 101 cm³/mol. The Morgan fingerprint density at radius 2 is 1.57 bits per heavy atom. The van der Waals surface area contributed by atoms with Crippen LogP contribution in [-0.2, 0) is 10.0 Å². The Kier molecular flexibility index (Phi) is 6.76. The summed E-state index contributed by atoms with van der Waals surface area (Å²) in [6, 6.07) is 0.800. The molecule has 3 fully saturated rings. The van der Waals surface area contributed by atoms with E-state index in [-0.39, 0.29) is 19.0 Å². The van der Waals surface area contributed by atoms with E-state index in [1.807, 2.05) is 0 Å². The van der Waals surface area contributed by atoms with Gasteiger partial charge in [-0.25, -0.2) is 8.42 Å². The summed E-state index contributed by atoms with van der Waals surface area (Å²) in [6.07, 6.45) is 4.64. The number of aliphatic imine (C=N–C) groups is 1. The van der Waals surface area contributed by atoms with Crippen molar-refractivity contribution in [1.29, 1.82) is 0 Å². The normalized spacial score (nSPS) is 26.6. The molecule has 1 saturated carbocycles. The quantitative estimate of drug-likeness (QED) is 0.494. The Labute approximate surface area is 164 Å². The fourth-order valence-corrected chi connectivity index (χ4v) is 4.99. The van der Waals surface area contributed by atoms with Crippen molar-refractivity contribution in [2.75, 3.05) is 46.3 Å². The Morgan fingerprint density at radius 1 is 1.00 bits per heavy atom. The number of piperidine rings is 1. The lowest BCUT2D eigenvalue weighted by molar-refractivity contribution is -0.0496. The van der Waals surface area contributed by atoms with Gasteiger partial charge in [0.25, 0.3) is 0 Å². The molecule has 2 N–H and O–H groups in total. The third kappa shape index (κ3) is 5.29. The van der Waals surface area contributed by atoms with Crippen molar-refractivity contribution in [3.8, 4) is 0 Å². The first-order valence-electron chi connectivity index (χ1n) is 9.95. The van der Waals surface area contributed by atoms with Gasteiger partial charge in [-0.05, 0) is 50.5 Å². The number of guanidine groups is 1. The van der Waals surface area contributed by atoms with Crippen LogP contribution in [0.1, 0.15) is 32.1 Å². The van der Waals surface area contributed by atoms with Crippen molar-refractivity contribution < 1.29 is 21.6 Å². The molecule has 0 amide bonds. The molecular formula is C17H30F3N5O2S.